The van der Waals surface area contributed by atoms with Crippen LogP contribution in [0.25, 0.3) is 10.9 Å². The van der Waals surface area contributed by atoms with E-state index < -0.39 is 0 Å². The van der Waals surface area contributed by atoms with Gasteiger partial charge in [0.1, 0.15) is 0 Å². The number of nitrogens with zero attached hydrogens (tertiary/aromatic N) is 2. The van der Waals surface area contributed by atoms with E-state index in [0.717, 1.165) is 16.6 Å². The minimum atomic E-state index is 0.957. The smallest absolute Gasteiger partial charge is 0.0929 e. The molecule has 0 saturated heterocycles. The summed E-state index contributed by atoms with van der Waals surface area (Å²) in [5, 5.41) is 9.14. The summed E-state index contributed by atoms with van der Waals surface area (Å²) in [5.41, 5.74) is 1.92. The van der Waals surface area contributed by atoms with Crippen molar-refractivity contribution in [3.63, 3.8) is 0 Å². The summed E-state index contributed by atoms with van der Waals surface area (Å²) in [6.45, 7) is 9.94. The van der Waals surface area contributed by atoms with Crippen LogP contribution in [0.4, 0.5) is 0 Å². The van der Waals surface area contributed by atoms with Crippen LogP contribution in [0.1, 0.15) is 33.4 Å². The second kappa shape index (κ2) is 7.92. The van der Waals surface area contributed by atoms with E-state index in [9.17, 15) is 0 Å². The van der Waals surface area contributed by atoms with Gasteiger partial charge in [0, 0.05) is 5.39 Å². The standard InChI is InChI=1S/C9H8N2.2C2H6/c1-7-6-8-4-2-3-5-9(8)11-10-7;2*1-2/h2-6H,1H3;2*1-2H3. The molecule has 2 nitrogen and oxygen atoms in total. The van der Waals surface area contributed by atoms with Crippen LogP contribution in [0.5, 0.6) is 0 Å². The first-order chi connectivity index (χ1) is 7.36. The van der Waals surface area contributed by atoms with Gasteiger partial charge in [0.15, 0.2) is 0 Å². The van der Waals surface area contributed by atoms with E-state index in [2.05, 4.69) is 10.2 Å². The lowest BCUT2D eigenvalue weighted by Crippen LogP contribution is -1.85. The van der Waals surface area contributed by atoms with Crippen LogP contribution < -0.4 is 0 Å². The van der Waals surface area contributed by atoms with E-state index in [1.54, 1.807) is 0 Å². The second-order valence-corrected chi connectivity index (χ2v) is 2.54. The average Bonchev–Trinajstić information content (AvgIpc) is 2.34. The van der Waals surface area contributed by atoms with Gasteiger partial charge in [-0.15, -0.1) is 0 Å². The summed E-state index contributed by atoms with van der Waals surface area (Å²) in [4.78, 5) is 0. The summed E-state index contributed by atoms with van der Waals surface area (Å²) in [6, 6.07) is 10.00. The Morgan fingerprint density at radius 1 is 0.867 bits per heavy atom. The van der Waals surface area contributed by atoms with Crippen LogP contribution >= 0.6 is 0 Å². The van der Waals surface area contributed by atoms with Crippen LogP contribution in [0.3, 0.4) is 0 Å². The second-order valence-electron chi connectivity index (χ2n) is 2.54. The van der Waals surface area contributed by atoms with Crippen molar-refractivity contribution in [2.45, 2.75) is 34.6 Å². The first kappa shape index (κ1) is 13.6. The van der Waals surface area contributed by atoms with Gasteiger partial charge in [-0.05, 0) is 19.1 Å². The first-order valence-corrected chi connectivity index (χ1v) is 5.55. The maximum Gasteiger partial charge on any atom is 0.0929 e. The lowest BCUT2D eigenvalue weighted by Gasteiger charge is -1.94. The minimum Gasteiger partial charge on any atom is -0.155 e. The molecule has 1 aromatic carbocycles. The molecule has 1 heterocycles. The molecule has 0 saturated carbocycles. The molecule has 0 aliphatic rings. The Kier molecular flexibility index (Phi) is 7.16. The molecule has 2 aromatic rings. The first-order valence-electron chi connectivity index (χ1n) is 5.55. The highest BCUT2D eigenvalue weighted by molar-refractivity contribution is 5.77. The Bertz CT molecular complexity index is 383. The van der Waals surface area contributed by atoms with Crippen molar-refractivity contribution in [1.29, 1.82) is 0 Å². The Morgan fingerprint density at radius 2 is 1.47 bits per heavy atom. The number of benzene rings is 1. The van der Waals surface area contributed by atoms with Crippen molar-refractivity contribution in [2.24, 2.45) is 0 Å². The highest BCUT2D eigenvalue weighted by Gasteiger charge is 1.92. The molecular weight excluding hydrogens is 184 g/mol. The fourth-order valence-electron chi connectivity index (χ4n) is 1.09. The van der Waals surface area contributed by atoms with E-state index in [1.807, 2.05) is 65.0 Å². The third-order valence-corrected chi connectivity index (χ3v) is 1.62. The molecule has 0 atom stereocenters. The molecule has 2 rings (SSSR count). The average molecular weight is 204 g/mol. The predicted octanol–water partition coefficient (Wildman–Crippen LogP) is 3.99. The molecule has 0 amide bonds. The molecule has 2 heteroatoms. The van der Waals surface area contributed by atoms with Crippen LogP contribution in [0, 0.1) is 6.92 Å². The third kappa shape index (κ3) is 4.07. The summed E-state index contributed by atoms with van der Waals surface area (Å²) in [7, 11) is 0. The van der Waals surface area contributed by atoms with Crippen LogP contribution in [-0.4, -0.2) is 10.2 Å². The number of fused-ring (bicyclic) bond motifs is 1. The van der Waals surface area contributed by atoms with Crippen LogP contribution in [0.2, 0.25) is 0 Å². The number of hydrogen-bond donors (Lipinski definition) is 0. The molecule has 0 aliphatic carbocycles. The third-order valence-electron chi connectivity index (χ3n) is 1.62. The molecule has 1 aromatic heterocycles. The maximum absolute atomic E-state index is 4.03. The molecular formula is C13H20N2. The SMILES string of the molecule is CC.CC.Cc1cc2ccccc2nn1. The zero-order valence-electron chi connectivity index (χ0n) is 10.3. The normalized spacial score (nSPS) is 8.33. The molecule has 0 unspecified atom stereocenters. The number of aryl methyl sites for hydroxylation is 1. The van der Waals surface area contributed by atoms with Crippen molar-refractivity contribution in [3.05, 3.63) is 36.0 Å². The van der Waals surface area contributed by atoms with E-state index in [4.69, 9.17) is 0 Å². The van der Waals surface area contributed by atoms with Gasteiger partial charge in [0.2, 0.25) is 0 Å². The highest BCUT2D eigenvalue weighted by atomic mass is 15.1. The van der Waals surface area contributed by atoms with Crippen LogP contribution in [0.15, 0.2) is 30.3 Å². The van der Waals surface area contributed by atoms with Gasteiger partial charge in [-0.3, -0.25) is 0 Å². The van der Waals surface area contributed by atoms with Crippen molar-refractivity contribution >= 4 is 10.9 Å². The zero-order chi connectivity index (χ0) is 11.7. The lowest BCUT2D eigenvalue weighted by atomic mass is 10.2. The van der Waals surface area contributed by atoms with Gasteiger partial charge < -0.3 is 0 Å². The molecule has 0 fully saturated rings. The van der Waals surface area contributed by atoms with Crippen LogP contribution in [-0.2, 0) is 0 Å². The van der Waals surface area contributed by atoms with Crippen molar-refractivity contribution in [1.82, 2.24) is 10.2 Å². The molecule has 0 spiro atoms. The molecule has 0 bridgehead atoms. The van der Waals surface area contributed by atoms with Crippen molar-refractivity contribution in [2.75, 3.05) is 0 Å². The van der Waals surface area contributed by atoms with Gasteiger partial charge in [-0.1, -0.05) is 45.9 Å². The summed E-state index contributed by atoms with van der Waals surface area (Å²) >= 11 is 0. The zero-order valence-corrected chi connectivity index (χ0v) is 10.3. The van der Waals surface area contributed by atoms with Gasteiger partial charge >= 0.3 is 0 Å². The minimum absolute atomic E-state index is 0.957. The summed E-state index contributed by atoms with van der Waals surface area (Å²) in [5.74, 6) is 0. The topological polar surface area (TPSA) is 25.8 Å². The van der Waals surface area contributed by atoms with Gasteiger partial charge in [-0.25, -0.2) is 0 Å². The monoisotopic (exact) mass is 204 g/mol. The molecule has 0 N–H and O–H groups in total. The summed E-state index contributed by atoms with van der Waals surface area (Å²) in [6.07, 6.45) is 0. The van der Waals surface area contributed by atoms with E-state index >= 15 is 0 Å². The van der Waals surface area contributed by atoms with E-state index in [1.165, 1.54) is 0 Å². The number of aromatic nitrogens is 2. The highest BCUT2D eigenvalue weighted by Crippen LogP contribution is 2.09. The Labute approximate surface area is 92.4 Å². The lowest BCUT2D eigenvalue weighted by molar-refractivity contribution is 1.02. The van der Waals surface area contributed by atoms with Crippen molar-refractivity contribution < 1.29 is 0 Å². The predicted molar refractivity (Wildman–Crippen MR) is 67.0 cm³/mol. The maximum atomic E-state index is 4.03. The fourth-order valence-corrected chi connectivity index (χ4v) is 1.09. The van der Waals surface area contributed by atoms with Gasteiger partial charge in [0.05, 0.1) is 11.2 Å². The molecule has 0 radical (unpaired) electrons. The Hall–Kier alpha value is -1.44. The molecule has 15 heavy (non-hydrogen) atoms. The van der Waals surface area contributed by atoms with Gasteiger partial charge in [0.25, 0.3) is 0 Å². The number of hydrogen-bond acceptors (Lipinski definition) is 2. The fraction of sp³-hybridized carbons (Fsp3) is 0.385. The molecule has 0 aliphatic heterocycles. The Balaban J connectivity index is 0.000000442. The van der Waals surface area contributed by atoms with Gasteiger partial charge in [-0.2, -0.15) is 10.2 Å². The largest absolute Gasteiger partial charge is 0.155 e. The van der Waals surface area contributed by atoms with E-state index in [-0.39, 0.29) is 0 Å². The summed E-state index contributed by atoms with van der Waals surface area (Å²) < 4.78 is 0. The van der Waals surface area contributed by atoms with Crippen molar-refractivity contribution in [3.8, 4) is 0 Å². The Morgan fingerprint density at radius 3 is 2.13 bits per heavy atom. The van der Waals surface area contributed by atoms with E-state index in [0.29, 0.717) is 0 Å². The molecule has 82 valence electrons. The quantitative estimate of drug-likeness (QED) is 0.648. The number of rotatable bonds is 0.